The Morgan fingerprint density at radius 3 is 2.59 bits per heavy atom. The summed E-state index contributed by atoms with van der Waals surface area (Å²) < 4.78 is 5.22. The van der Waals surface area contributed by atoms with Crippen LogP contribution in [-0.2, 0) is 0 Å². The molecule has 1 atom stereocenters. The Morgan fingerprint density at radius 1 is 1.05 bits per heavy atom. The highest BCUT2D eigenvalue weighted by molar-refractivity contribution is 6.21. The summed E-state index contributed by atoms with van der Waals surface area (Å²) in [4.78, 5) is 23.2. The lowest BCUT2D eigenvalue weighted by molar-refractivity contribution is 0.0879. The van der Waals surface area contributed by atoms with E-state index in [-0.39, 0.29) is 17.9 Å². The molecule has 2 N–H and O–H groups in total. The van der Waals surface area contributed by atoms with Gasteiger partial charge in [0.2, 0.25) is 0 Å². The molecule has 0 aromatic heterocycles. The van der Waals surface area contributed by atoms with Gasteiger partial charge in [-0.15, -0.1) is 0 Å². The smallest absolute Gasteiger partial charge is 0.259 e. The molecule has 0 saturated carbocycles. The van der Waals surface area contributed by atoms with Crippen LogP contribution in [0.15, 0.2) is 42.5 Å². The molecule has 1 unspecified atom stereocenters. The van der Waals surface area contributed by atoms with Crippen molar-refractivity contribution in [2.45, 2.75) is 13.0 Å². The van der Waals surface area contributed by atoms with Gasteiger partial charge < -0.3 is 10.1 Å². The second kappa shape index (κ2) is 5.52. The number of amides is 2. The van der Waals surface area contributed by atoms with Gasteiger partial charge in [-0.2, -0.15) is 0 Å². The van der Waals surface area contributed by atoms with Gasteiger partial charge in [0, 0.05) is 11.7 Å². The summed E-state index contributed by atoms with van der Waals surface area (Å²) in [6.07, 6.45) is 0. The second-order valence-electron chi connectivity index (χ2n) is 5.19. The number of benzene rings is 2. The molecule has 0 fully saturated rings. The number of carbonyl (C=O) groups excluding carboxylic acids is 2. The maximum Gasteiger partial charge on any atom is 0.259 e. The maximum absolute atomic E-state index is 11.7. The molecule has 0 bridgehead atoms. The van der Waals surface area contributed by atoms with Crippen molar-refractivity contribution in [3.8, 4) is 5.75 Å². The molecule has 1 aliphatic heterocycles. The Labute approximate surface area is 128 Å². The third-order valence-corrected chi connectivity index (χ3v) is 3.71. The first kappa shape index (κ1) is 14.1. The number of carbonyl (C=O) groups is 2. The van der Waals surface area contributed by atoms with Gasteiger partial charge in [-0.25, -0.2) is 0 Å². The van der Waals surface area contributed by atoms with E-state index in [1.54, 1.807) is 25.3 Å². The Hall–Kier alpha value is -2.82. The van der Waals surface area contributed by atoms with Crippen molar-refractivity contribution in [1.29, 1.82) is 0 Å². The quantitative estimate of drug-likeness (QED) is 0.851. The normalized spacial score (nSPS) is 14.3. The van der Waals surface area contributed by atoms with Crippen molar-refractivity contribution in [3.63, 3.8) is 0 Å². The number of fused-ring (bicyclic) bond motifs is 1. The topological polar surface area (TPSA) is 67.4 Å². The lowest BCUT2D eigenvalue weighted by atomic mass is 10.1. The minimum atomic E-state index is -0.349. The number of methoxy groups -OCH3 is 1. The van der Waals surface area contributed by atoms with E-state index in [1.165, 1.54) is 0 Å². The summed E-state index contributed by atoms with van der Waals surface area (Å²) in [7, 11) is 1.63. The van der Waals surface area contributed by atoms with Crippen molar-refractivity contribution in [3.05, 3.63) is 59.2 Å². The van der Waals surface area contributed by atoms with E-state index in [2.05, 4.69) is 10.6 Å². The molecule has 22 heavy (non-hydrogen) atoms. The monoisotopic (exact) mass is 296 g/mol. The zero-order valence-corrected chi connectivity index (χ0v) is 12.3. The highest BCUT2D eigenvalue weighted by Gasteiger charge is 2.26. The fraction of sp³-hybridized carbons (Fsp3) is 0.176. The van der Waals surface area contributed by atoms with Crippen LogP contribution in [0.5, 0.6) is 5.75 Å². The molecule has 5 nitrogen and oxygen atoms in total. The molecule has 0 radical (unpaired) electrons. The van der Waals surface area contributed by atoms with E-state index in [0.29, 0.717) is 11.1 Å². The van der Waals surface area contributed by atoms with Crippen LogP contribution in [0, 0.1) is 0 Å². The predicted molar refractivity (Wildman–Crippen MR) is 83.3 cm³/mol. The number of nitrogens with one attached hydrogen (secondary N) is 2. The van der Waals surface area contributed by atoms with Gasteiger partial charge in [-0.05, 0) is 42.8 Å². The minimum absolute atomic E-state index is 0.0355. The van der Waals surface area contributed by atoms with E-state index in [4.69, 9.17) is 4.74 Å². The first-order valence-electron chi connectivity index (χ1n) is 6.98. The molecule has 5 heteroatoms. The van der Waals surface area contributed by atoms with Gasteiger partial charge in [-0.3, -0.25) is 14.9 Å². The van der Waals surface area contributed by atoms with Crippen LogP contribution < -0.4 is 15.4 Å². The molecule has 0 spiro atoms. The predicted octanol–water partition coefficient (Wildman–Crippen LogP) is 2.75. The number of rotatable bonds is 4. The number of imide groups is 1. The van der Waals surface area contributed by atoms with Gasteiger partial charge in [-0.1, -0.05) is 12.1 Å². The molecule has 112 valence electrons. The van der Waals surface area contributed by atoms with Crippen molar-refractivity contribution in [1.82, 2.24) is 5.32 Å². The molecule has 2 aromatic rings. The zero-order chi connectivity index (χ0) is 15.7. The van der Waals surface area contributed by atoms with E-state index in [1.807, 2.05) is 31.2 Å². The van der Waals surface area contributed by atoms with E-state index in [9.17, 15) is 9.59 Å². The van der Waals surface area contributed by atoms with E-state index >= 15 is 0 Å². The third kappa shape index (κ3) is 2.53. The van der Waals surface area contributed by atoms with Gasteiger partial charge >= 0.3 is 0 Å². The third-order valence-electron chi connectivity index (χ3n) is 3.71. The molecule has 3 rings (SSSR count). The van der Waals surface area contributed by atoms with Gasteiger partial charge in [0.1, 0.15) is 5.75 Å². The minimum Gasteiger partial charge on any atom is -0.497 e. The Balaban J connectivity index is 1.83. The van der Waals surface area contributed by atoms with Gasteiger partial charge in [0.15, 0.2) is 0 Å². The summed E-state index contributed by atoms with van der Waals surface area (Å²) in [6, 6.07) is 13.0. The highest BCUT2D eigenvalue weighted by atomic mass is 16.5. The van der Waals surface area contributed by atoms with Crippen molar-refractivity contribution >= 4 is 17.5 Å². The van der Waals surface area contributed by atoms with Crippen LogP contribution in [0.3, 0.4) is 0 Å². The Bertz CT molecular complexity index is 755. The number of anilines is 1. The van der Waals surface area contributed by atoms with E-state index < -0.39 is 0 Å². The standard InChI is InChI=1S/C17H16N2O3/c1-10(11-4-3-5-13(8-11)22-2)18-12-6-7-14-15(9-12)17(21)19-16(14)20/h3-10,18H,1-2H3,(H,19,20,21). The van der Waals surface area contributed by atoms with Gasteiger partial charge in [0.25, 0.3) is 11.8 Å². The number of hydrogen-bond donors (Lipinski definition) is 2. The summed E-state index contributed by atoms with van der Waals surface area (Å²) in [5.74, 6) is 0.107. The molecule has 1 heterocycles. The fourth-order valence-corrected chi connectivity index (χ4v) is 2.50. The van der Waals surface area contributed by atoms with Crippen molar-refractivity contribution in [2.24, 2.45) is 0 Å². The van der Waals surface area contributed by atoms with Crippen molar-refractivity contribution < 1.29 is 14.3 Å². The van der Waals surface area contributed by atoms with Gasteiger partial charge in [0.05, 0.1) is 18.2 Å². The Morgan fingerprint density at radius 2 is 1.82 bits per heavy atom. The highest BCUT2D eigenvalue weighted by Crippen LogP contribution is 2.25. The zero-order valence-electron chi connectivity index (χ0n) is 12.3. The van der Waals surface area contributed by atoms with Crippen LogP contribution in [-0.4, -0.2) is 18.9 Å². The number of hydrogen-bond acceptors (Lipinski definition) is 4. The lowest BCUT2D eigenvalue weighted by Crippen LogP contribution is -2.19. The van der Waals surface area contributed by atoms with Crippen molar-refractivity contribution in [2.75, 3.05) is 12.4 Å². The average molecular weight is 296 g/mol. The fourth-order valence-electron chi connectivity index (χ4n) is 2.50. The van der Waals surface area contributed by atoms with E-state index in [0.717, 1.165) is 17.0 Å². The SMILES string of the molecule is COc1cccc(C(C)Nc2ccc3c(c2)C(=O)NC3=O)c1. The Kier molecular flexibility index (Phi) is 3.55. The molecule has 0 saturated heterocycles. The van der Waals surface area contributed by atoms with Crippen LogP contribution in [0.1, 0.15) is 39.2 Å². The van der Waals surface area contributed by atoms with Crippen LogP contribution in [0.2, 0.25) is 0 Å². The van der Waals surface area contributed by atoms with Crippen LogP contribution in [0.4, 0.5) is 5.69 Å². The summed E-state index contributed by atoms with van der Waals surface area (Å²) in [5, 5.41) is 5.62. The maximum atomic E-state index is 11.7. The molecular formula is C17H16N2O3. The molecule has 2 aromatic carbocycles. The first-order valence-corrected chi connectivity index (χ1v) is 6.98. The number of ether oxygens (including phenoxy) is 1. The molecule has 0 aliphatic carbocycles. The summed E-state index contributed by atoms with van der Waals surface area (Å²) in [6.45, 7) is 2.02. The second-order valence-corrected chi connectivity index (χ2v) is 5.19. The molecular weight excluding hydrogens is 280 g/mol. The average Bonchev–Trinajstić information content (AvgIpc) is 2.81. The lowest BCUT2D eigenvalue weighted by Gasteiger charge is -2.17. The molecule has 1 aliphatic rings. The van der Waals surface area contributed by atoms with Crippen LogP contribution in [0.25, 0.3) is 0 Å². The first-order chi connectivity index (χ1) is 10.6. The molecule has 2 amide bonds. The summed E-state index contributed by atoms with van der Waals surface area (Å²) in [5.41, 5.74) is 2.69. The largest absolute Gasteiger partial charge is 0.497 e. The van der Waals surface area contributed by atoms with Crippen LogP contribution >= 0.6 is 0 Å². The summed E-state index contributed by atoms with van der Waals surface area (Å²) >= 11 is 0.